The molecule has 0 spiro atoms. The summed E-state index contributed by atoms with van der Waals surface area (Å²) < 4.78 is 64.4. The van der Waals surface area contributed by atoms with Crippen LogP contribution < -0.4 is 33.2 Å². The molecule has 30 nitrogen and oxygen atoms in total. The second-order valence-corrected chi connectivity index (χ2v) is 45.4. The average Bonchev–Trinajstić information content (AvgIpc) is 0.804. The van der Waals surface area contributed by atoms with Crippen molar-refractivity contribution in [3.63, 3.8) is 0 Å². The fraction of sp³-hybridized carbons (Fsp3) is 0.326. The average molecular weight is 1880 g/mol. The molecule has 8 unspecified atom stereocenters. The molecule has 0 aliphatic carbocycles. The summed E-state index contributed by atoms with van der Waals surface area (Å²) in [6.45, 7) is 17.6. The van der Waals surface area contributed by atoms with Crippen LogP contribution in [0.2, 0.25) is 14.8 Å². The normalized spacial score (nSPS) is 18.3. The summed E-state index contributed by atoms with van der Waals surface area (Å²) in [4.78, 5) is 135. The van der Waals surface area contributed by atoms with Crippen LogP contribution in [0.15, 0.2) is 167 Å². The third kappa shape index (κ3) is 25.3. The van der Waals surface area contributed by atoms with Crippen LogP contribution in [0.1, 0.15) is 137 Å². The monoisotopic (exact) mass is 1880 g/mol. The molecule has 124 heavy (non-hydrogen) atoms. The van der Waals surface area contributed by atoms with Gasteiger partial charge in [0.25, 0.3) is 23.6 Å². The summed E-state index contributed by atoms with van der Waals surface area (Å²) in [5.74, 6) is 0.284. The number of carbonyl (C=O) groups is 10. The summed E-state index contributed by atoms with van der Waals surface area (Å²) in [6.07, 6.45) is 4.08. The molecule has 4 fully saturated rings. The first-order valence-electron chi connectivity index (χ1n) is 39.4. The molecule has 8 atom stereocenters. The van der Waals surface area contributed by atoms with E-state index >= 15 is 0 Å². The van der Waals surface area contributed by atoms with Gasteiger partial charge in [-0.05, 0) is 141 Å². The van der Waals surface area contributed by atoms with Crippen molar-refractivity contribution in [1.82, 2.24) is 19.6 Å². The van der Waals surface area contributed by atoms with Crippen molar-refractivity contribution in [3.8, 4) is 69.0 Å². The number of morpholine rings is 4. The van der Waals surface area contributed by atoms with Crippen molar-refractivity contribution in [3.05, 3.63) is 229 Å². The maximum Gasteiger partial charge on any atom is 0.255 e. The fourth-order valence-corrected chi connectivity index (χ4v) is 13.8. The number of nitrogens with zero attached hydrogens (tertiary/aromatic N) is 4. The molecule has 0 aromatic heterocycles. The van der Waals surface area contributed by atoms with E-state index in [1.54, 1.807) is 138 Å². The number of phenols is 5. The Kier molecular flexibility index (Phi) is 36.8. The fourth-order valence-electron chi connectivity index (χ4n) is 13.2. The maximum absolute atomic E-state index is 13.4. The summed E-state index contributed by atoms with van der Waals surface area (Å²) in [7, 11) is 4.52. The van der Waals surface area contributed by atoms with Crippen LogP contribution in [0.25, 0.3) is 6.08 Å². The van der Waals surface area contributed by atoms with Crippen LogP contribution in [-0.4, -0.2) is 274 Å². The first-order valence-corrected chi connectivity index (χ1v) is 50.4. The number of halogens is 1. The van der Waals surface area contributed by atoms with E-state index in [0.717, 1.165) is 0 Å². The zero-order valence-electron chi connectivity index (χ0n) is 70.5. The van der Waals surface area contributed by atoms with Gasteiger partial charge in [-0.1, -0.05) is 61.2 Å². The quantitative estimate of drug-likeness (QED) is 0.0236. The first kappa shape index (κ1) is 97.3. The van der Waals surface area contributed by atoms with E-state index in [1.807, 2.05) is 27.7 Å². The molecule has 32 heteroatoms. The number of hydrogen-bond acceptors (Lipinski definition) is 26. The van der Waals surface area contributed by atoms with Crippen molar-refractivity contribution in [2.45, 2.75) is 91.1 Å². The minimum Gasteiger partial charge on any atom is -0.507 e. The number of amides is 4. The molecule has 4 saturated heterocycles. The molecule has 0 bridgehead atoms. The minimum absolute atomic E-state index is 0.0119. The summed E-state index contributed by atoms with van der Waals surface area (Å²) in [6, 6.07) is 36.2. The van der Waals surface area contributed by atoms with Gasteiger partial charge >= 0.3 is 43.9 Å². The van der Waals surface area contributed by atoms with Gasteiger partial charge in [0.2, 0.25) is 0 Å². The number of benzene rings is 8. The van der Waals surface area contributed by atoms with E-state index < -0.39 is 36.4 Å². The number of aromatic hydroxyl groups is 5. The summed E-state index contributed by atoms with van der Waals surface area (Å²) >= 11 is 1.98. The van der Waals surface area contributed by atoms with Gasteiger partial charge in [-0.3, -0.25) is 47.9 Å². The molecular formula is C92H103BrN4O26Sn. The largest absolute Gasteiger partial charge is 0.507 e. The molecule has 0 saturated carbocycles. The van der Waals surface area contributed by atoms with Gasteiger partial charge in [0.15, 0.2) is 37.7 Å². The zero-order valence-corrected chi connectivity index (χ0v) is 74.9. The van der Waals surface area contributed by atoms with E-state index in [1.165, 1.54) is 54.5 Å². The number of ether oxygens (including phenoxy) is 11. The zero-order chi connectivity index (χ0) is 90.5. The Bertz CT molecular complexity index is 4950. The molecule has 12 rings (SSSR count). The second kappa shape index (κ2) is 46.9. The maximum atomic E-state index is 13.4. The van der Waals surface area contributed by atoms with Crippen LogP contribution in [0.3, 0.4) is 0 Å². The van der Waals surface area contributed by atoms with Crippen molar-refractivity contribution in [1.29, 1.82) is 0 Å². The Hall–Kier alpha value is -12.1. The number of methoxy groups -OCH3 is 3. The van der Waals surface area contributed by atoms with E-state index in [-0.39, 0.29) is 203 Å². The number of aldehydes is 6. The summed E-state index contributed by atoms with van der Waals surface area (Å²) in [5, 5.41) is 49.1. The van der Waals surface area contributed by atoms with Crippen LogP contribution in [0, 0.1) is 0 Å². The van der Waals surface area contributed by atoms with Gasteiger partial charge in [0.1, 0.15) is 95.4 Å². The van der Waals surface area contributed by atoms with Crippen LogP contribution in [0.4, 0.5) is 0 Å². The molecule has 658 valence electrons. The van der Waals surface area contributed by atoms with E-state index in [4.69, 9.17) is 52.1 Å². The van der Waals surface area contributed by atoms with E-state index in [2.05, 4.69) is 48.0 Å². The van der Waals surface area contributed by atoms with Gasteiger partial charge < -0.3 is 97.2 Å². The number of hydrogen-bond donors (Lipinski definition) is 5. The Morgan fingerprint density at radius 3 is 0.863 bits per heavy atom. The molecule has 0 radical (unpaired) electrons. The minimum atomic E-state index is -1.47. The van der Waals surface area contributed by atoms with Crippen molar-refractivity contribution in [2.75, 3.05) is 100 Å². The van der Waals surface area contributed by atoms with Crippen molar-refractivity contribution in [2.24, 2.45) is 0 Å². The SMILES string of the molecule is C=Cc1c(OC)cccc1C(=O)N1CC(C)OCC1COc1cccc(O)c1C=O.C=[CH][Sn]([CH3])([CH3])[CH3].CC1CN(C(=O)c2cccc(O)c2C=O)C(COc2cccc(O)c2C=O)CO1.COc1cccc(C(=O)N2CC(C)OCC2COc2cccc(O)c2C=O)c1Br.COc1cccc(C(=O)N2CC(C)OCC2COc2cccc(O)c2C=O)c1C=O. The van der Waals surface area contributed by atoms with Crippen LogP contribution in [0.5, 0.6) is 69.0 Å². The topological polar surface area (TPSA) is 386 Å². The van der Waals surface area contributed by atoms with Gasteiger partial charge in [0, 0.05) is 31.7 Å². The molecule has 5 N–H and O–H groups in total. The van der Waals surface area contributed by atoms with E-state index in [9.17, 15) is 73.5 Å². The van der Waals surface area contributed by atoms with Crippen molar-refractivity contribution < 1.29 is 126 Å². The number of rotatable bonds is 27. The molecule has 4 amide bonds. The predicted octanol–water partition coefficient (Wildman–Crippen LogP) is 12.9. The second-order valence-electron chi connectivity index (χ2n) is 29.9. The molecule has 8 aromatic rings. The van der Waals surface area contributed by atoms with Crippen LogP contribution in [-0.2, 0) is 18.9 Å². The van der Waals surface area contributed by atoms with Crippen LogP contribution >= 0.6 is 15.9 Å². The Labute approximate surface area is 731 Å². The van der Waals surface area contributed by atoms with Crippen molar-refractivity contribution >= 4 is 102 Å². The van der Waals surface area contributed by atoms with E-state index in [0.29, 0.717) is 102 Å². The molecule has 4 aliphatic heterocycles. The molecule has 4 aliphatic rings. The standard InChI is InChI=1S/C23H25NO6.C22H23NO7.C21H22BrNO6.C21H21NO7.C2H3.3CH3.Sn/c1-4-17-18(7-5-9-21(17)28-3)23(27)24-11-15(2)29-13-16(24)14-30-22-10-6-8-20(26)19(22)12-25;1-14-9-23(22(27)16-5-3-7-20(28-2)17(16)10-24)15(12-29-14)13-30-21-8-4-6-19(26)18(21)11-25;1-13-9-23(21(26)15-5-3-8-19(27-2)20(15)22)14(11-28-13)12-29-18-7-4-6-17(25)16(18)10-24;1-13-8-22(21(27)15-4-2-5-18(25)16(15)9-23)14(11-28-13)12-29-20-7-3-6-19(26)17(20)10-24;1-2;;;;/h4-10,12,15-16,26H,1,11,13-14H2,2-3H3;3-8,10-11,14-15,26H,9,12-13H2,1-2H3;3-8,10,13-14,25H,9,11-12H2,1-2H3;2-7,9-10,13-14,25-26H,8,11-12H2,1H3;1H,2H2;3*1H3;. The van der Waals surface area contributed by atoms with Gasteiger partial charge in [-0.15, -0.1) is 0 Å². The smallest absolute Gasteiger partial charge is 0.255 e. The summed E-state index contributed by atoms with van der Waals surface area (Å²) in [5.41, 5.74) is 2.22. The predicted molar refractivity (Wildman–Crippen MR) is 466 cm³/mol. The first-order chi connectivity index (χ1) is 59.5. The molecular weight excluding hydrogens is 1780 g/mol. The third-order valence-corrected chi connectivity index (χ3v) is 24.4. The number of phenolic OH excluding ortho intramolecular Hbond substituents is 5. The third-order valence-electron chi connectivity index (χ3n) is 20.1. The Morgan fingerprint density at radius 1 is 0.363 bits per heavy atom. The Morgan fingerprint density at radius 2 is 0.589 bits per heavy atom. The Balaban J connectivity index is 0.000000200. The van der Waals surface area contributed by atoms with Gasteiger partial charge in [-0.2, -0.15) is 0 Å². The molecule has 4 heterocycles. The van der Waals surface area contributed by atoms with Gasteiger partial charge in [0.05, 0.1) is 156 Å². The van der Waals surface area contributed by atoms with Gasteiger partial charge in [-0.25, -0.2) is 0 Å². The molecule has 8 aromatic carbocycles. The number of carbonyl (C=O) groups excluding carboxylic acids is 10.